The fourth-order valence-corrected chi connectivity index (χ4v) is 5.53. The summed E-state index contributed by atoms with van der Waals surface area (Å²) < 4.78 is 7.97. The summed E-state index contributed by atoms with van der Waals surface area (Å²) in [6, 6.07) is 24.4. The maximum Gasteiger partial charge on any atom is 0.326 e. The molecule has 1 N–H and O–H groups in total. The van der Waals surface area contributed by atoms with Crippen LogP contribution in [-0.2, 0) is 6.42 Å². The first-order valence-corrected chi connectivity index (χ1v) is 14.1. The Morgan fingerprint density at radius 1 is 0.923 bits per heavy atom. The van der Waals surface area contributed by atoms with Crippen LogP contribution in [0.4, 0.5) is 0 Å². The molecule has 7 heteroatoms. The number of ether oxygens (including phenoxy) is 1. The Morgan fingerprint density at radius 3 is 2.23 bits per heavy atom. The Balaban J connectivity index is 1.06. The number of imidazole rings is 1. The number of nitrogens with one attached hydrogen (secondary N) is 1. The molecule has 0 aliphatic carbocycles. The predicted molar refractivity (Wildman–Crippen MR) is 156 cm³/mol. The number of carbonyl (C=O) groups excluding carboxylic acids is 1. The van der Waals surface area contributed by atoms with E-state index in [0.717, 1.165) is 74.3 Å². The van der Waals surface area contributed by atoms with E-state index in [1.165, 1.54) is 11.1 Å². The van der Waals surface area contributed by atoms with Crippen LogP contribution in [0.3, 0.4) is 0 Å². The van der Waals surface area contributed by atoms with Crippen molar-refractivity contribution in [2.24, 2.45) is 0 Å². The van der Waals surface area contributed by atoms with Crippen LogP contribution in [0.2, 0.25) is 0 Å². The van der Waals surface area contributed by atoms with Gasteiger partial charge in [-0.3, -0.25) is 14.3 Å². The van der Waals surface area contributed by atoms with E-state index in [9.17, 15) is 9.59 Å². The molecule has 1 aliphatic heterocycles. The van der Waals surface area contributed by atoms with Crippen molar-refractivity contribution < 1.29 is 9.53 Å². The summed E-state index contributed by atoms with van der Waals surface area (Å²) in [6.07, 6.45) is 2.73. The van der Waals surface area contributed by atoms with E-state index >= 15 is 0 Å². The number of H-pyrrole nitrogens is 1. The Morgan fingerprint density at radius 2 is 1.56 bits per heavy atom. The molecular formula is C32H38N4O3. The number of hydrogen-bond donors (Lipinski definition) is 1. The molecule has 1 fully saturated rings. The van der Waals surface area contributed by atoms with Crippen LogP contribution in [0.15, 0.2) is 77.6 Å². The molecule has 39 heavy (non-hydrogen) atoms. The summed E-state index contributed by atoms with van der Waals surface area (Å²) in [5.74, 6) is 0.960. The minimum absolute atomic E-state index is 0.0103. The fraction of sp³-hybridized carbons (Fsp3) is 0.375. The molecule has 1 amide bonds. The second-order valence-electron chi connectivity index (χ2n) is 10.2. The van der Waals surface area contributed by atoms with Gasteiger partial charge >= 0.3 is 5.69 Å². The molecule has 7 nitrogen and oxygen atoms in total. The first-order valence-electron chi connectivity index (χ1n) is 14.1. The van der Waals surface area contributed by atoms with Crippen LogP contribution in [0.25, 0.3) is 11.0 Å². The Bertz CT molecular complexity index is 1430. The molecule has 0 atom stereocenters. The summed E-state index contributed by atoms with van der Waals surface area (Å²) in [5.41, 5.74) is 5.02. The van der Waals surface area contributed by atoms with Crippen LogP contribution in [0.5, 0.6) is 5.75 Å². The van der Waals surface area contributed by atoms with Crippen molar-refractivity contribution in [1.82, 2.24) is 19.4 Å². The van der Waals surface area contributed by atoms with Crippen molar-refractivity contribution in [3.8, 4) is 5.75 Å². The number of nitrogens with zero attached hydrogens (tertiary/aromatic N) is 3. The van der Waals surface area contributed by atoms with Gasteiger partial charge in [0, 0.05) is 44.3 Å². The van der Waals surface area contributed by atoms with Crippen LogP contribution in [0.1, 0.15) is 54.2 Å². The van der Waals surface area contributed by atoms with E-state index in [4.69, 9.17) is 4.74 Å². The van der Waals surface area contributed by atoms with Crippen molar-refractivity contribution in [3.05, 3.63) is 100.0 Å². The molecule has 0 radical (unpaired) electrons. The maximum atomic E-state index is 12.5. The molecule has 3 aromatic carbocycles. The number of amides is 1. The normalized spacial score (nSPS) is 14.5. The van der Waals surface area contributed by atoms with Gasteiger partial charge in [0.05, 0.1) is 11.0 Å². The van der Waals surface area contributed by atoms with Gasteiger partial charge in [-0.1, -0.05) is 36.4 Å². The monoisotopic (exact) mass is 526 g/mol. The summed E-state index contributed by atoms with van der Waals surface area (Å²) in [4.78, 5) is 32.3. The fourth-order valence-electron chi connectivity index (χ4n) is 5.53. The zero-order chi connectivity index (χ0) is 27.2. The minimum Gasteiger partial charge on any atom is -0.492 e. The number of carbonyl (C=O) groups is 1. The second-order valence-corrected chi connectivity index (χ2v) is 10.2. The highest BCUT2D eigenvalue weighted by Gasteiger charge is 2.23. The molecule has 1 aromatic heterocycles. The SMILES string of the molecule is CCN(CC)C(=O)c1ccc(Cc2ccc(OCCN3CCC(n4c(=O)[nH]c5ccccc54)CC3)cc2)cc1. The minimum atomic E-state index is -0.0103. The largest absolute Gasteiger partial charge is 0.492 e. The smallest absolute Gasteiger partial charge is 0.326 e. The molecule has 0 spiro atoms. The van der Waals surface area contributed by atoms with Gasteiger partial charge in [0.2, 0.25) is 0 Å². The number of para-hydroxylation sites is 2. The molecule has 0 saturated carbocycles. The summed E-state index contributed by atoms with van der Waals surface area (Å²) >= 11 is 0. The van der Waals surface area contributed by atoms with Crippen LogP contribution in [-0.4, -0.2) is 64.6 Å². The average Bonchev–Trinajstić information content (AvgIpc) is 3.31. The molecule has 4 aromatic rings. The van der Waals surface area contributed by atoms with Crippen molar-refractivity contribution in [2.45, 2.75) is 39.2 Å². The number of likely N-dealkylation sites (tertiary alicyclic amines) is 1. The number of piperidine rings is 1. The molecule has 0 unspecified atom stereocenters. The second kappa shape index (κ2) is 12.3. The number of aromatic nitrogens is 2. The van der Waals surface area contributed by atoms with Crippen LogP contribution in [0, 0.1) is 0 Å². The number of fused-ring (bicyclic) bond motifs is 1. The molecule has 204 valence electrons. The van der Waals surface area contributed by atoms with Gasteiger partial charge in [0.25, 0.3) is 5.91 Å². The lowest BCUT2D eigenvalue weighted by molar-refractivity contribution is 0.0773. The Labute approximate surface area is 230 Å². The van der Waals surface area contributed by atoms with E-state index in [-0.39, 0.29) is 17.6 Å². The molecule has 5 rings (SSSR count). The highest BCUT2D eigenvalue weighted by molar-refractivity contribution is 5.94. The quantitative estimate of drug-likeness (QED) is 0.312. The van der Waals surface area contributed by atoms with Crippen LogP contribution < -0.4 is 10.4 Å². The maximum absolute atomic E-state index is 12.5. The van der Waals surface area contributed by atoms with Crippen molar-refractivity contribution in [3.63, 3.8) is 0 Å². The molecule has 1 saturated heterocycles. The number of aromatic amines is 1. The van der Waals surface area contributed by atoms with E-state index in [1.807, 2.05) is 84.0 Å². The van der Waals surface area contributed by atoms with Crippen molar-refractivity contribution >= 4 is 16.9 Å². The molecule has 2 heterocycles. The topological polar surface area (TPSA) is 70.6 Å². The van der Waals surface area contributed by atoms with E-state index in [0.29, 0.717) is 6.61 Å². The number of benzene rings is 3. The lowest BCUT2D eigenvalue weighted by Crippen LogP contribution is -2.38. The van der Waals surface area contributed by atoms with E-state index < -0.39 is 0 Å². The van der Waals surface area contributed by atoms with Gasteiger partial charge in [-0.2, -0.15) is 0 Å². The highest BCUT2D eigenvalue weighted by atomic mass is 16.5. The van der Waals surface area contributed by atoms with Crippen molar-refractivity contribution in [2.75, 3.05) is 39.3 Å². The standard InChI is InChI=1S/C32H38N4O3/c1-3-35(4-2)31(37)26-13-9-24(10-14-26)23-25-11-15-28(16-12-25)39-22-21-34-19-17-27(18-20-34)36-30-8-6-5-7-29(30)33-32(36)38/h5-16,27H,3-4,17-23H2,1-2H3,(H,33,38). The van der Waals surface area contributed by atoms with Gasteiger partial charge in [-0.25, -0.2) is 4.79 Å². The zero-order valence-corrected chi connectivity index (χ0v) is 22.9. The molecular weight excluding hydrogens is 488 g/mol. The summed E-state index contributed by atoms with van der Waals surface area (Å²) in [7, 11) is 0. The first kappa shape index (κ1) is 26.8. The Kier molecular flexibility index (Phi) is 8.47. The van der Waals surface area contributed by atoms with Gasteiger partial charge in [0.15, 0.2) is 0 Å². The van der Waals surface area contributed by atoms with E-state index in [2.05, 4.69) is 22.0 Å². The summed E-state index contributed by atoms with van der Waals surface area (Å²) in [5, 5.41) is 0. The van der Waals surface area contributed by atoms with Crippen LogP contribution >= 0.6 is 0 Å². The van der Waals surface area contributed by atoms with Gasteiger partial charge in [-0.15, -0.1) is 0 Å². The number of hydrogen-bond acceptors (Lipinski definition) is 4. The average molecular weight is 527 g/mol. The summed E-state index contributed by atoms with van der Waals surface area (Å²) in [6.45, 7) is 8.87. The highest BCUT2D eigenvalue weighted by Crippen LogP contribution is 2.25. The number of rotatable bonds is 10. The third-order valence-electron chi connectivity index (χ3n) is 7.81. The zero-order valence-electron chi connectivity index (χ0n) is 22.9. The molecule has 0 bridgehead atoms. The third kappa shape index (κ3) is 6.25. The predicted octanol–water partition coefficient (Wildman–Crippen LogP) is 5.12. The van der Waals surface area contributed by atoms with E-state index in [1.54, 1.807) is 0 Å². The van der Waals surface area contributed by atoms with Gasteiger partial charge in [0.1, 0.15) is 12.4 Å². The van der Waals surface area contributed by atoms with Crippen molar-refractivity contribution in [1.29, 1.82) is 0 Å². The first-order chi connectivity index (χ1) is 19.1. The van der Waals surface area contributed by atoms with Gasteiger partial charge < -0.3 is 14.6 Å². The lowest BCUT2D eigenvalue weighted by Gasteiger charge is -2.32. The van der Waals surface area contributed by atoms with Gasteiger partial charge in [-0.05, 0) is 80.6 Å². The Hall–Kier alpha value is -3.84. The molecule has 1 aliphatic rings. The lowest BCUT2D eigenvalue weighted by atomic mass is 10.0. The third-order valence-corrected chi connectivity index (χ3v) is 7.81.